The summed E-state index contributed by atoms with van der Waals surface area (Å²) in [6, 6.07) is 12.0. The molecule has 3 aromatic rings. The number of aromatic nitrogens is 2. The van der Waals surface area contributed by atoms with Gasteiger partial charge in [-0.25, -0.2) is 4.98 Å². The number of imidazole rings is 1. The molecule has 0 atom stereocenters. The van der Waals surface area contributed by atoms with Crippen molar-refractivity contribution < 1.29 is 9.53 Å². The van der Waals surface area contributed by atoms with E-state index in [4.69, 9.17) is 4.74 Å². The predicted octanol–water partition coefficient (Wildman–Crippen LogP) is 4.78. The molecule has 160 valence electrons. The number of nitrogens with one attached hydrogen (secondary N) is 1. The molecule has 1 N–H and O–H groups in total. The van der Waals surface area contributed by atoms with Crippen LogP contribution in [0.1, 0.15) is 53.7 Å². The molecule has 5 heteroatoms. The zero-order chi connectivity index (χ0) is 20.9. The highest BCUT2D eigenvalue weighted by molar-refractivity contribution is 5.97. The fraction of sp³-hybridized carbons (Fsp3) is 0.462. The number of fused-ring (bicyclic) bond motifs is 1. The Morgan fingerprint density at radius 3 is 2.55 bits per heavy atom. The van der Waals surface area contributed by atoms with Gasteiger partial charge in [0.05, 0.1) is 11.3 Å². The van der Waals surface area contributed by atoms with Gasteiger partial charge >= 0.3 is 0 Å². The second-order valence-electron chi connectivity index (χ2n) is 9.87. The number of nitrogens with zero attached hydrogens (tertiary/aromatic N) is 2. The highest BCUT2D eigenvalue weighted by Gasteiger charge is 2.48. The van der Waals surface area contributed by atoms with Crippen LogP contribution in [0.2, 0.25) is 0 Å². The lowest BCUT2D eigenvalue weighted by molar-refractivity contribution is -0.0120. The topological polar surface area (TPSA) is 55.6 Å². The first-order valence-corrected chi connectivity index (χ1v) is 11.6. The molecule has 5 nitrogen and oxygen atoms in total. The van der Waals surface area contributed by atoms with E-state index in [9.17, 15) is 4.79 Å². The van der Waals surface area contributed by atoms with Crippen LogP contribution >= 0.6 is 0 Å². The number of carbonyl (C=O) groups excluding carboxylic acids is 1. The van der Waals surface area contributed by atoms with Crippen LogP contribution in [0.15, 0.2) is 48.8 Å². The van der Waals surface area contributed by atoms with Crippen molar-refractivity contribution in [3.8, 4) is 5.75 Å². The highest BCUT2D eigenvalue weighted by atomic mass is 16.5. The number of hydrogen-bond acceptors (Lipinski definition) is 3. The third kappa shape index (κ3) is 3.40. The molecule has 4 aliphatic rings. The van der Waals surface area contributed by atoms with Crippen molar-refractivity contribution in [2.75, 3.05) is 0 Å². The lowest BCUT2D eigenvalue weighted by Gasteiger charge is -2.54. The van der Waals surface area contributed by atoms with Crippen LogP contribution < -0.4 is 10.1 Å². The number of benzene rings is 1. The highest BCUT2D eigenvalue weighted by Crippen LogP contribution is 2.53. The molecular weight excluding hydrogens is 386 g/mol. The van der Waals surface area contributed by atoms with Crippen LogP contribution in [0.4, 0.5) is 0 Å². The predicted molar refractivity (Wildman–Crippen MR) is 119 cm³/mol. The van der Waals surface area contributed by atoms with Crippen LogP contribution in [-0.4, -0.2) is 21.3 Å². The molecule has 2 aromatic heterocycles. The van der Waals surface area contributed by atoms with Gasteiger partial charge in [-0.1, -0.05) is 18.2 Å². The van der Waals surface area contributed by atoms with Crippen molar-refractivity contribution in [3.05, 3.63) is 65.6 Å². The average Bonchev–Trinajstić information content (AvgIpc) is 3.19. The first-order valence-electron chi connectivity index (χ1n) is 11.6. The minimum atomic E-state index is -0.00100. The molecule has 4 aliphatic carbocycles. The summed E-state index contributed by atoms with van der Waals surface area (Å²) in [5.41, 5.74) is 3.54. The Kier molecular flexibility index (Phi) is 4.51. The minimum absolute atomic E-state index is 0.00100. The molecule has 1 aromatic carbocycles. The van der Waals surface area contributed by atoms with Gasteiger partial charge in [-0.3, -0.25) is 4.79 Å². The fourth-order valence-corrected chi connectivity index (χ4v) is 6.60. The van der Waals surface area contributed by atoms with Gasteiger partial charge < -0.3 is 14.5 Å². The van der Waals surface area contributed by atoms with Gasteiger partial charge in [-0.15, -0.1) is 0 Å². The van der Waals surface area contributed by atoms with Crippen LogP contribution in [-0.2, 0) is 6.61 Å². The lowest BCUT2D eigenvalue weighted by Crippen LogP contribution is -2.55. The quantitative estimate of drug-likeness (QED) is 0.653. The van der Waals surface area contributed by atoms with E-state index in [2.05, 4.69) is 23.3 Å². The van der Waals surface area contributed by atoms with Gasteiger partial charge in [0.25, 0.3) is 5.91 Å². The van der Waals surface area contributed by atoms with E-state index >= 15 is 0 Å². The van der Waals surface area contributed by atoms with Crippen molar-refractivity contribution in [2.24, 2.45) is 23.7 Å². The summed E-state index contributed by atoms with van der Waals surface area (Å²) in [6.07, 6.45) is 10.6. The van der Waals surface area contributed by atoms with E-state index in [0.29, 0.717) is 35.8 Å². The van der Waals surface area contributed by atoms with Crippen molar-refractivity contribution in [2.45, 2.75) is 51.7 Å². The Hall–Kier alpha value is -2.82. The smallest absolute Gasteiger partial charge is 0.255 e. The van der Waals surface area contributed by atoms with Gasteiger partial charge in [-0.05, 0) is 86.5 Å². The Bertz CT molecular complexity index is 1110. The Labute approximate surface area is 182 Å². The van der Waals surface area contributed by atoms with Crippen molar-refractivity contribution in [1.29, 1.82) is 0 Å². The van der Waals surface area contributed by atoms with Crippen LogP contribution in [0.25, 0.3) is 5.65 Å². The molecule has 7 rings (SSSR count). The largest absolute Gasteiger partial charge is 0.486 e. The molecule has 4 fully saturated rings. The molecule has 0 radical (unpaired) electrons. The van der Waals surface area contributed by atoms with E-state index in [1.165, 1.54) is 32.1 Å². The van der Waals surface area contributed by atoms with Crippen molar-refractivity contribution in [3.63, 3.8) is 0 Å². The van der Waals surface area contributed by atoms with E-state index in [-0.39, 0.29) is 5.91 Å². The van der Waals surface area contributed by atoms with E-state index in [0.717, 1.165) is 28.7 Å². The molecular formula is C26H29N3O2. The first-order chi connectivity index (χ1) is 15.1. The number of amides is 1. The second-order valence-corrected chi connectivity index (χ2v) is 9.87. The van der Waals surface area contributed by atoms with Crippen LogP contribution in [0.3, 0.4) is 0 Å². The Balaban J connectivity index is 1.18. The summed E-state index contributed by atoms with van der Waals surface area (Å²) in [6.45, 7) is 2.39. The number of rotatable bonds is 5. The van der Waals surface area contributed by atoms with Gasteiger partial charge in [0.2, 0.25) is 0 Å². The van der Waals surface area contributed by atoms with Gasteiger partial charge in [0.1, 0.15) is 18.0 Å². The van der Waals surface area contributed by atoms with Gasteiger partial charge in [0.15, 0.2) is 0 Å². The van der Waals surface area contributed by atoms with Crippen LogP contribution in [0, 0.1) is 30.6 Å². The van der Waals surface area contributed by atoms with E-state index in [1.54, 1.807) is 0 Å². The maximum absolute atomic E-state index is 13.2. The van der Waals surface area contributed by atoms with Crippen molar-refractivity contribution in [1.82, 2.24) is 14.7 Å². The number of hydrogen-bond donors (Lipinski definition) is 1. The average molecular weight is 416 g/mol. The molecule has 0 saturated heterocycles. The normalized spacial score (nSPS) is 28.7. The maximum Gasteiger partial charge on any atom is 0.255 e. The number of aryl methyl sites for hydroxylation is 1. The van der Waals surface area contributed by atoms with Gasteiger partial charge in [-0.2, -0.15) is 0 Å². The van der Waals surface area contributed by atoms with Gasteiger partial charge in [0, 0.05) is 18.4 Å². The molecule has 4 bridgehead atoms. The molecule has 0 spiro atoms. The third-order valence-corrected chi connectivity index (χ3v) is 7.76. The summed E-state index contributed by atoms with van der Waals surface area (Å²) >= 11 is 0. The molecule has 0 unspecified atom stereocenters. The number of ether oxygens (including phenoxy) is 1. The summed E-state index contributed by atoms with van der Waals surface area (Å²) in [5, 5.41) is 3.41. The zero-order valence-electron chi connectivity index (χ0n) is 18.0. The monoisotopic (exact) mass is 415 g/mol. The summed E-state index contributed by atoms with van der Waals surface area (Å²) in [7, 11) is 0. The Morgan fingerprint density at radius 2 is 1.81 bits per heavy atom. The lowest BCUT2D eigenvalue weighted by atomic mass is 9.54. The molecule has 4 saturated carbocycles. The molecule has 1 amide bonds. The summed E-state index contributed by atoms with van der Waals surface area (Å²) in [5.74, 6) is 3.75. The molecule has 31 heavy (non-hydrogen) atoms. The second kappa shape index (κ2) is 7.40. The number of para-hydroxylation sites is 1. The van der Waals surface area contributed by atoms with E-state index < -0.39 is 0 Å². The first kappa shape index (κ1) is 18.9. The SMILES string of the molecule is Cc1cccn2cc(COc3ccccc3C(=O)NC3C4CC5CC(C4)CC3C5)nc12. The maximum atomic E-state index is 13.2. The summed E-state index contributed by atoms with van der Waals surface area (Å²) in [4.78, 5) is 17.9. The summed E-state index contributed by atoms with van der Waals surface area (Å²) < 4.78 is 8.10. The van der Waals surface area contributed by atoms with Crippen molar-refractivity contribution >= 4 is 11.6 Å². The molecule has 2 heterocycles. The minimum Gasteiger partial charge on any atom is -0.486 e. The number of carbonyl (C=O) groups is 1. The fourth-order valence-electron chi connectivity index (χ4n) is 6.60. The molecule has 0 aliphatic heterocycles. The van der Waals surface area contributed by atoms with Crippen LogP contribution in [0.5, 0.6) is 5.75 Å². The third-order valence-electron chi connectivity index (χ3n) is 7.76. The zero-order valence-corrected chi connectivity index (χ0v) is 18.0. The van der Waals surface area contributed by atoms with E-state index in [1.807, 2.05) is 47.1 Å². The Morgan fingerprint density at radius 1 is 1.06 bits per heavy atom. The number of pyridine rings is 1. The standard InChI is InChI=1S/C26H29N3O2/c1-16-5-4-8-29-14-21(27-25(16)29)15-31-23-7-3-2-6-22(23)26(30)28-24-19-10-17-9-18(12-19)13-20(24)11-17/h2-8,14,17-20,24H,9-13,15H2,1H3,(H,28,30).